The number of benzene rings is 2. The summed E-state index contributed by atoms with van der Waals surface area (Å²) in [6.07, 6.45) is 1.06. The second kappa shape index (κ2) is 4.49. The summed E-state index contributed by atoms with van der Waals surface area (Å²) in [7, 11) is 0. The number of para-hydroxylation sites is 2. The molecule has 1 aliphatic rings. The molecule has 92 valence electrons. The summed E-state index contributed by atoms with van der Waals surface area (Å²) in [4.78, 5) is 0. The largest absolute Gasteiger partial charge is 0.457 e. The summed E-state index contributed by atoms with van der Waals surface area (Å²) in [5.74, 6) is 3.17. The first-order chi connectivity index (χ1) is 8.75. The number of hydrogen-bond acceptors (Lipinski definition) is 1. The third-order valence-electron chi connectivity index (χ3n) is 3.76. The van der Waals surface area contributed by atoms with E-state index in [0.29, 0.717) is 11.8 Å². The zero-order valence-electron chi connectivity index (χ0n) is 10.9. The van der Waals surface area contributed by atoms with Crippen molar-refractivity contribution in [1.82, 2.24) is 0 Å². The van der Waals surface area contributed by atoms with Crippen molar-refractivity contribution in [3.8, 4) is 11.5 Å². The quantitative estimate of drug-likeness (QED) is 0.695. The fourth-order valence-corrected chi connectivity index (χ4v) is 2.71. The molecular weight excluding hydrogens is 220 g/mol. The highest BCUT2D eigenvalue weighted by atomic mass is 16.5. The molecule has 2 aromatic rings. The van der Waals surface area contributed by atoms with Gasteiger partial charge in [-0.3, -0.25) is 0 Å². The standard InChI is InChI=1S/C17H18O/c1-12(2)15-11-13-7-3-5-9-16(13)18-17-10-6-4-8-14(15)17/h3-10,12,15H,11H2,1-2H3. The van der Waals surface area contributed by atoms with Gasteiger partial charge in [-0.05, 0) is 41.5 Å². The SMILES string of the molecule is CC(C)C1Cc2ccccc2Oc2ccccc21. The Morgan fingerprint density at radius 1 is 0.944 bits per heavy atom. The van der Waals surface area contributed by atoms with E-state index in [0.717, 1.165) is 17.9 Å². The first-order valence-corrected chi connectivity index (χ1v) is 6.60. The summed E-state index contributed by atoms with van der Waals surface area (Å²) < 4.78 is 6.08. The number of hydrogen-bond donors (Lipinski definition) is 0. The minimum absolute atomic E-state index is 0.532. The Bertz CT molecular complexity index is 557. The average molecular weight is 238 g/mol. The normalized spacial score (nSPS) is 17.6. The lowest BCUT2D eigenvalue weighted by molar-refractivity contribution is 0.468. The average Bonchev–Trinajstić information content (AvgIpc) is 2.55. The van der Waals surface area contributed by atoms with Crippen LogP contribution < -0.4 is 4.74 Å². The molecule has 1 atom stereocenters. The molecule has 0 spiro atoms. The molecule has 0 aliphatic carbocycles. The van der Waals surface area contributed by atoms with Gasteiger partial charge in [0.1, 0.15) is 11.5 Å². The lowest BCUT2D eigenvalue weighted by Gasteiger charge is -2.20. The molecule has 2 aromatic carbocycles. The number of rotatable bonds is 1. The topological polar surface area (TPSA) is 9.23 Å². The Morgan fingerprint density at radius 3 is 2.39 bits per heavy atom. The van der Waals surface area contributed by atoms with E-state index in [1.807, 2.05) is 12.1 Å². The van der Waals surface area contributed by atoms with E-state index >= 15 is 0 Å². The van der Waals surface area contributed by atoms with E-state index in [2.05, 4.69) is 50.2 Å². The lowest BCUT2D eigenvalue weighted by Crippen LogP contribution is -2.09. The second-order valence-electron chi connectivity index (χ2n) is 5.30. The summed E-state index contributed by atoms with van der Waals surface area (Å²) >= 11 is 0. The molecular formula is C17H18O. The van der Waals surface area contributed by atoms with Gasteiger partial charge in [-0.15, -0.1) is 0 Å². The van der Waals surface area contributed by atoms with Crippen molar-refractivity contribution in [3.05, 3.63) is 59.7 Å². The summed E-state index contributed by atoms with van der Waals surface area (Å²) in [5, 5.41) is 0. The Kier molecular flexibility index (Phi) is 2.83. The van der Waals surface area contributed by atoms with Crippen molar-refractivity contribution in [2.75, 3.05) is 0 Å². The molecule has 0 saturated carbocycles. The van der Waals surface area contributed by atoms with Crippen LogP contribution in [0.2, 0.25) is 0 Å². The molecule has 1 heterocycles. The van der Waals surface area contributed by atoms with Crippen molar-refractivity contribution in [1.29, 1.82) is 0 Å². The smallest absolute Gasteiger partial charge is 0.130 e. The molecule has 1 nitrogen and oxygen atoms in total. The Morgan fingerprint density at radius 2 is 1.61 bits per heavy atom. The predicted octanol–water partition coefficient (Wildman–Crippen LogP) is 4.77. The second-order valence-corrected chi connectivity index (χ2v) is 5.30. The molecule has 0 saturated heterocycles. The number of fused-ring (bicyclic) bond motifs is 2. The highest BCUT2D eigenvalue weighted by Crippen LogP contribution is 2.41. The monoisotopic (exact) mass is 238 g/mol. The van der Waals surface area contributed by atoms with Crippen molar-refractivity contribution < 1.29 is 4.74 Å². The van der Waals surface area contributed by atoms with Crippen LogP contribution in [0.25, 0.3) is 0 Å². The molecule has 0 bridgehead atoms. The first kappa shape index (κ1) is 11.3. The van der Waals surface area contributed by atoms with Gasteiger partial charge < -0.3 is 4.74 Å². The van der Waals surface area contributed by atoms with Gasteiger partial charge in [-0.25, -0.2) is 0 Å². The maximum Gasteiger partial charge on any atom is 0.130 e. The summed E-state index contributed by atoms with van der Waals surface area (Å²) in [6, 6.07) is 16.8. The van der Waals surface area contributed by atoms with Crippen LogP contribution in [0.5, 0.6) is 11.5 Å². The molecule has 1 aliphatic heterocycles. The van der Waals surface area contributed by atoms with E-state index < -0.39 is 0 Å². The Hall–Kier alpha value is -1.76. The molecule has 0 N–H and O–H groups in total. The molecule has 18 heavy (non-hydrogen) atoms. The third-order valence-corrected chi connectivity index (χ3v) is 3.76. The maximum atomic E-state index is 6.08. The molecule has 3 rings (SSSR count). The van der Waals surface area contributed by atoms with E-state index in [-0.39, 0.29) is 0 Å². The molecule has 1 unspecified atom stereocenters. The van der Waals surface area contributed by atoms with Gasteiger partial charge in [0.05, 0.1) is 0 Å². The third kappa shape index (κ3) is 1.90. The van der Waals surface area contributed by atoms with Crippen molar-refractivity contribution in [3.63, 3.8) is 0 Å². The van der Waals surface area contributed by atoms with Crippen LogP contribution in [0.15, 0.2) is 48.5 Å². The molecule has 0 aromatic heterocycles. The molecule has 0 amide bonds. The Balaban J connectivity index is 2.14. The van der Waals surface area contributed by atoms with Crippen LogP contribution in [-0.4, -0.2) is 0 Å². The van der Waals surface area contributed by atoms with Crippen LogP contribution in [-0.2, 0) is 6.42 Å². The van der Waals surface area contributed by atoms with E-state index in [1.165, 1.54) is 11.1 Å². The first-order valence-electron chi connectivity index (χ1n) is 6.60. The van der Waals surface area contributed by atoms with Crippen LogP contribution >= 0.6 is 0 Å². The van der Waals surface area contributed by atoms with Gasteiger partial charge in [-0.2, -0.15) is 0 Å². The van der Waals surface area contributed by atoms with Gasteiger partial charge in [0.25, 0.3) is 0 Å². The summed E-state index contributed by atoms with van der Waals surface area (Å²) in [5.41, 5.74) is 2.65. The van der Waals surface area contributed by atoms with Gasteiger partial charge in [0.15, 0.2) is 0 Å². The fraction of sp³-hybridized carbons (Fsp3) is 0.294. The number of ether oxygens (including phenoxy) is 1. The van der Waals surface area contributed by atoms with Gasteiger partial charge >= 0.3 is 0 Å². The van der Waals surface area contributed by atoms with Crippen molar-refractivity contribution >= 4 is 0 Å². The van der Waals surface area contributed by atoms with Crippen LogP contribution in [0.3, 0.4) is 0 Å². The Labute approximate surface area is 108 Å². The van der Waals surface area contributed by atoms with Crippen LogP contribution in [0, 0.1) is 5.92 Å². The maximum absolute atomic E-state index is 6.08. The molecule has 0 fully saturated rings. The zero-order chi connectivity index (χ0) is 12.5. The zero-order valence-corrected chi connectivity index (χ0v) is 10.9. The van der Waals surface area contributed by atoms with Crippen LogP contribution in [0.1, 0.15) is 30.9 Å². The highest BCUT2D eigenvalue weighted by Gasteiger charge is 2.25. The van der Waals surface area contributed by atoms with Gasteiger partial charge in [0, 0.05) is 0 Å². The van der Waals surface area contributed by atoms with E-state index in [4.69, 9.17) is 4.74 Å². The van der Waals surface area contributed by atoms with Gasteiger partial charge in [-0.1, -0.05) is 50.2 Å². The van der Waals surface area contributed by atoms with Gasteiger partial charge in [0.2, 0.25) is 0 Å². The van der Waals surface area contributed by atoms with Crippen LogP contribution in [0.4, 0.5) is 0 Å². The summed E-state index contributed by atoms with van der Waals surface area (Å²) in [6.45, 7) is 4.57. The van der Waals surface area contributed by atoms with Crippen molar-refractivity contribution in [2.24, 2.45) is 5.92 Å². The molecule has 1 heteroatoms. The lowest BCUT2D eigenvalue weighted by atomic mass is 9.83. The minimum atomic E-state index is 0.532. The van der Waals surface area contributed by atoms with E-state index in [1.54, 1.807) is 0 Å². The van der Waals surface area contributed by atoms with E-state index in [9.17, 15) is 0 Å². The molecule has 0 radical (unpaired) electrons. The van der Waals surface area contributed by atoms with Crippen molar-refractivity contribution in [2.45, 2.75) is 26.2 Å². The highest BCUT2D eigenvalue weighted by molar-refractivity contribution is 5.47. The fourth-order valence-electron chi connectivity index (χ4n) is 2.71. The predicted molar refractivity (Wildman–Crippen MR) is 74.2 cm³/mol. The minimum Gasteiger partial charge on any atom is -0.457 e.